The van der Waals surface area contributed by atoms with Gasteiger partial charge in [-0.25, -0.2) is 4.39 Å². The van der Waals surface area contributed by atoms with Crippen LogP contribution >= 0.6 is 23.1 Å². The highest BCUT2D eigenvalue weighted by Crippen LogP contribution is 2.22. The highest BCUT2D eigenvalue weighted by molar-refractivity contribution is 8.01. The normalized spacial score (nSPS) is 13.2. The molecule has 0 aromatic carbocycles. The zero-order valence-electron chi connectivity index (χ0n) is 7.08. The maximum Gasteiger partial charge on any atom is 0.174 e. The van der Waals surface area contributed by atoms with Crippen LogP contribution in [0.1, 0.15) is 18.4 Å². The molecule has 12 heavy (non-hydrogen) atoms. The largest absolute Gasteiger partial charge is 0.248 e. The summed E-state index contributed by atoms with van der Waals surface area (Å²) in [6.45, 7) is 3.49. The van der Waals surface area contributed by atoms with Crippen LogP contribution in [0.2, 0.25) is 0 Å². The Kier molecular flexibility index (Phi) is 3.94. The van der Waals surface area contributed by atoms with Crippen LogP contribution in [0.5, 0.6) is 0 Å². The molecule has 1 atom stereocenters. The molecule has 0 saturated heterocycles. The number of aromatic nitrogens is 2. The molecule has 0 aliphatic carbocycles. The lowest BCUT2D eigenvalue weighted by molar-refractivity contribution is 0.354. The highest BCUT2D eigenvalue weighted by atomic mass is 32.2. The fraction of sp³-hybridized carbons (Fsp3) is 0.714. The van der Waals surface area contributed by atoms with E-state index in [2.05, 4.69) is 10.2 Å². The Morgan fingerprint density at radius 2 is 2.33 bits per heavy atom. The summed E-state index contributed by atoms with van der Waals surface area (Å²) < 4.78 is 13.3. The third-order valence-electron chi connectivity index (χ3n) is 1.25. The predicted octanol–water partition coefficient (Wildman–Crippen LogP) is 2.69. The van der Waals surface area contributed by atoms with E-state index in [9.17, 15) is 4.39 Å². The second kappa shape index (κ2) is 4.77. The molecule has 1 rings (SSSR count). The smallest absolute Gasteiger partial charge is 0.174 e. The van der Waals surface area contributed by atoms with E-state index in [1.165, 1.54) is 0 Å². The number of halogens is 1. The highest BCUT2D eigenvalue weighted by Gasteiger charge is 2.02. The fourth-order valence-corrected chi connectivity index (χ4v) is 2.62. The number of alkyl halides is 1. The molecular weight excluding hydrogens is 195 g/mol. The fourth-order valence-electron chi connectivity index (χ4n) is 0.645. The molecule has 0 unspecified atom stereocenters. The van der Waals surface area contributed by atoms with Crippen molar-refractivity contribution >= 4 is 23.1 Å². The Bertz CT molecular complexity index is 237. The summed E-state index contributed by atoms with van der Waals surface area (Å²) in [6.07, 6.45) is -0.130. The molecule has 5 heteroatoms. The van der Waals surface area contributed by atoms with Gasteiger partial charge in [0.25, 0.3) is 0 Å². The molecule has 1 heterocycles. The van der Waals surface area contributed by atoms with Crippen LogP contribution < -0.4 is 0 Å². The van der Waals surface area contributed by atoms with E-state index >= 15 is 0 Å². The van der Waals surface area contributed by atoms with Crippen LogP contribution in [0, 0.1) is 6.92 Å². The molecule has 0 amide bonds. The zero-order chi connectivity index (χ0) is 8.97. The molecule has 0 aliphatic heterocycles. The van der Waals surface area contributed by atoms with Gasteiger partial charge in [0.15, 0.2) is 4.34 Å². The predicted molar refractivity (Wildman–Crippen MR) is 50.6 cm³/mol. The summed E-state index contributed by atoms with van der Waals surface area (Å²) in [6, 6.07) is 0. The van der Waals surface area contributed by atoms with Gasteiger partial charge in [-0.05, 0) is 20.3 Å². The molecule has 68 valence electrons. The number of hydrogen-bond acceptors (Lipinski definition) is 4. The van der Waals surface area contributed by atoms with E-state index in [4.69, 9.17) is 0 Å². The van der Waals surface area contributed by atoms with Gasteiger partial charge >= 0.3 is 0 Å². The van der Waals surface area contributed by atoms with E-state index in [0.29, 0.717) is 6.42 Å². The SMILES string of the molecule is Cc1nnc(SCC[C@H](C)F)s1. The first kappa shape index (κ1) is 9.92. The van der Waals surface area contributed by atoms with E-state index in [1.807, 2.05) is 6.92 Å². The van der Waals surface area contributed by atoms with Gasteiger partial charge in [-0.15, -0.1) is 10.2 Å². The Balaban J connectivity index is 2.24. The van der Waals surface area contributed by atoms with E-state index in [-0.39, 0.29) is 0 Å². The molecule has 0 N–H and O–H groups in total. The monoisotopic (exact) mass is 206 g/mol. The van der Waals surface area contributed by atoms with Crippen LogP contribution in [0.3, 0.4) is 0 Å². The molecule has 0 bridgehead atoms. The first-order chi connectivity index (χ1) is 5.68. The third-order valence-corrected chi connectivity index (χ3v) is 3.25. The molecule has 1 aromatic heterocycles. The quantitative estimate of drug-likeness (QED) is 0.708. The molecular formula is C7H11FN2S2. The Labute approximate surface area is 79.6 Å². The lowest BCUT2D eigenvalue weighted by atomic mass is 10.3. The molecule has 0 fully saturated rings. The standard InChI is InChI=1S/C7H11FN2S2/c1-5(8)3-4-11-7-10-9-6(2)12-7/h5H,3-4H2,1-2H3/t5-/m0/s1. The molecule has 0 aliphatic rings. The topological polar surface area (TPSA) is 25.8 Å². The minimum atomic E-state index is -0.716. The maximum atomic E-state index is 12.4. The van der Waals surface area contributed by atoms with Gasteiger partial charge in [0, 0.05) is 5.75 Å². The van der Waals surface area contributed by atoms with Gasteiger partial charge in [0.05, 0.1) is 6.17 Å². The average molecular weight is 206 g/mol. The summed E-state index contributed by atoms with van der Waals surface area (Å²) >= 11 is 3.13. The number of hydrogen-bond donors (Lipinski definition) is 0. The van der Waals surface area contributed by atoms with Crippen LogP contribution in [0.15, 0.2) is 4.34 Å². The summed E-state index contributed by atoms with van der Waals surface area (Å²) in [7, 11) is 0. The molecule has 0 spiro atoms. The summed E-state index contributed by atoms with van der Waals surface area (Å²) in [5, 5.41) is 8.75. The van der Waals surface area contributed by atoms with Crippen LogP contribution in [0.25, 0.3) is 0 Å². The molecule has 0 saturated carbocycles. The van der Waals surface area contributed by atoms with Gasteiger partial charge < -0.3 is 0 Å². The van der Waals surface area contributed by atoms with Crippen molar-refractivity contribution in [1.29, 1.82) is 0 Å². The van der Waals surface area contributed by atoms with Crippen molar-refractivity contribution in [3.8, 4) is 0 Å². The number of thioether (sulfide) groups is 1. The van der Waals surface area contributed by atoms with E-state index in [0.717, 1.165) is 15.1 Å². The van der Waals surface area contributed by atoms with Gasteiger partial charge in [0.2, 0.25) is 0 Å². The minimum absolute atomic E-state index is 0.587. The molecule has 1 aromatic rings. The first-order valence-corrected chi connectivity index (χ1v) is 5.55. The van der Waals surface area contributed by atoms with Crippen molar-refractivity contribution in [2.45, 2.75) is 30.8 Å². The second-order valence-electron chi connectivity index (χ2n) is 2.50. The summed E-state index contributed by atoms with van der Waals surface area (Å²) in [5.41, 5.74) is 0. The first-order valence-electron chi connectivity index (χ1n) is 3.75. The maximum absolute atomic E-state index is 12.4. The van der Waals surface area contributed by atoms with Crippen molar-refractivity contribution in [2.75, 3.05) is 5.75 Å². The summed E-state index contributed by atoms with van der Waals surface area (Å²) in [5.74, 6) is 0.784. The van der Waals surface area contributed by atoms with Gasteiger partial charge in [0.1, 0.15) is 5.01 Å². The molecule has 0 radical (unpaired) electrons. The molecule has 2 nitrogen and oxygen atoms in total. The van der Waals surface area contributed by atoms with Gasteiger partial charge in [-0.3, -0.25) is 0 Å². The van der Waals surface area contributed by atoms with Crippen molar-refractivity contribution in [3.63, 3.8) is 0 Å². The van der Waals surface area contributed by atoms with Crippen molar-refractivity contribution < 1.29 is 4.39 Å². The Morgan fingerprint density at radius 1 is 1.58 bits per heavy atom. The lowest BCUT2D eigenvalue weighted by Crippen LogP contribution is -1.93. The number of rotatable bonds is 4. The average Bonchev–Trinajstić information content (AvgIpc) is 2.35. The van der Waals surface area contributed by atoms with Crippen molar-refractivity contribution in [1.82, 2.24) is 10.2 Å². The van der Waals surface area contributed by atoms with Crippen LogP contribution in [0.4, 0.5) is 4.39 Å². The number of nitrogens with zero attached hydrogens (tertiary/aromatic N) is 2. The summed E-state index contributed by atoms with van der Waals surface area (Å²) in [4.78, 5) is 0. The number of aryl methyl sites for hydroxylation is 1. The van der Waals surface area contributed by atoms with E-state index < -0.39 is 6.17 Å². The van der Waals surface area contributed by atoms with E-state index in [1.54, 1.807) is 30.0 Å². The minimum Gasteiger partial charge on any atom is -0.248 e. The van der Waals surface area contributed by atoms with Crippen molar-refractivity contribution in [2.24, 2.45) is 0 Å². The zero-order valence-corrected chi connectivity index (χ0v) is 8.71. The lowest BCUT2D eigenvalue weighted by Gasteiger charge is -1.97. The second-order valence-corrected chi connectivity index (χ2v) is 5.03. The Hall–Kier alpha value is -0.160. The third kappa shape index (κ3) is 3.49. The van der Waals surface area contributed by atoms with Gasteiger partial charge in [-0.2, -0.15) is 0 Å². The Morgan fingerprint density at radius 3 is 2.83 bits per heavy atom. The van der Waals surface area contributed by atoms with Crippen LogP contribution in [-0.2, 0) is 0 Å². The van der Waals surface area contributed by atoms with Gasteiger partial charge in [-0.1, -0.05) is 23.1 Å². The van der Waals surface area contributed by atoms with Crippen molar-refractivity contribution in [3.05, 3.63) is 5.01 Å². The van der Waals surface area contributed by atoms with Crippen LogP contribution in [-0.4, -0.2) is 22.1 Å².